The number of hydrogen-bond acceptors (Lipinski definition) is 4. The van der Waals surface area contributed by atoms with E-state index < -0.39 is 29.1 Å². The van der Waals surface area contributed by atoms with E-state index in [0.29, 0.717) is 17.5 Å². The zero-order valence-corrected chi connectivity index (χ0v) is 16.9. The third-order valence-corrected chi connectivity index (χ3v) is 5.74. The fraction of sp³-hybridized carbons (Fsp3) is 0.348. The Morgan fingerprint density at radius 2 is 1.87 bits per heavy atom. The highest BCUT2D eigenvalue weighted by atomic mass is 19.3. The Morgan fingerprint density at radius 1 is 1.23 bits per heavy atom. The van der Waals surface area contributed by atoms with Gasteiger partial charge in [-0.1, -0.05) is 37.3 Å². The molecule has 1 heterocycles. The van der Waals surface area contributed by atoms with Gasteiger partial charge in [0.25, 0.3) is 5.92 Å². The number of Topliss-reactive ketones (excluding diaryl/α,β-unsaturated/α-hetero) is 1. The number of rotatable bonds is 4. The maximum Gasteiger partial charge on any atom is 0.270 e. The van der Waals surface area contributed by atoms with Crippen LogP contribution in [0, 0.1) is 23.1 Å². The minimum atomic E-state index is -3.01. The molecule has 2 N–H and O–H groups in total. The van der Waals surface area contributed by atoms with Crippen molar-refractivity contribution in [1.82, 2.24) is 0 Å². The second kappa shape index (κ2) is 7.60. The lowest BCUT2D eigenvalue weighted by atomic mass is 9.68. The second-order valence-electron chi connectivity index (χ2n) is 7.80. The van der Waals surface area contributed by atoms with E-state index in [0.717, 1.165) is 13.0 Å². The summed E-state index contributed by atoms with van der Waals surface area (Å²) in [6, 6.07) is 11.3. The topological polar surface area (TPSA) is 79.2 Å². The molecule has 1 aliphatic rings. The lowest BCUT2D eigenvalue weighted by Crippen LogP contribution is -2.47. The number of carbonyl (C=O) groups is 1. The molecule has 2 aromatic carbocycles. The summed E-state index contributed by atoms with van der Waals surface area (Å²) >= 11 is 0. The normalized spacial score (nSPS) is 24.3. The minimum absolute atomic E-state index is 0.167. The summed E-state index contributed by atoms with van der Waals surface area (Å²) in [4.78, 5) is 18.0. The van der Waals surface area contributed by atoms with Gasteiger partial charge in [-0.25, -0.2) is 13.2 Å². The van der Waals surface area contributed by atoms with Gasteiger partial charge in [-0.15, -0.1) is 0 Å². The quantitative estimate of drug-likeness (QED) is 0.784. The molecular weight excluding hydrogens is 391 g/mol. The summed E-state index contributed by atoms with van der Waals surface area (Å²) in [6.07, 6.45) is 0.443. The molecule has 0 saturated carbocycles. The fourth-order valence-electron chi connectivity index (χ4n) is 4.06. The number of ketones is 1. The van der Waals surface area contributed by atoms with Crippen LogP contribution in [0.4, 0.5) is 13.2 Å². The lowest BCUT2D eigenvalue weighted by Gasteiger charge is -2.40. The molecule has 1 unspecified atom stereocenters. The van der Waals surface area contributed by atoms with Crippen molar-refractivity contribution in [3.8, 4) is 6.07 Å². The summed E-state index contributed by atoms with van der Waals surface area (Å²) in [5, 5.41) is 9.21. The number of alkyl halides is 2. The molecule has 0 amide bonds. The first kappa shape index (κ1) is 21.6. The molecule has 0 spiro atoms. The van der Waals surface area contributed by atoms with E-state index in [1.807, 2.05) is 6.92 Å². The van der Waals surface area contributed by atoms with Crippen molar-refractivity contribution in [3.63, 3.8) is 0 Å². The van der Waals surface area contributed by atoms with Crippen LogP contribution in [0.15, 0.2) is 47.5 Å². The van der Waals surface area contributed by atoms with Gasteiger partial charge in [-0.05, 0) is 36.6 Å². The van der Waals surface area contributed by atoms with Crippen LogP contribution in [-0.2, 0) is 16.3 Å². The number of benzene rings is 2. The molecule has 4 nitrogen and oxygen atoms in total. The van der Waals surface area contributed by atoms with Crippen molar-refractivity contribution in [2.75, 3.05) is 0 Å². The Hall–Kier alpha value is -3.14. The van der Waals surface area contributed by atoms with Crippen LogP contribution in [0.1, 0.15) is 55.4 Å². The zero-order chi connectivity index (χ0) is 22.3. The van der Waals surface area contributed by atoms with Crippen molar-refractivity contribution in [2.24, 2.45) is 16.6 Å². The summed E-state index contributed by atoms with van der Waals surface area (Å²) in [7, 11) is 0. The number of halogens is 3. The number of nitriles is 1. The Bertz CT molecular complexity index is 1050. The second-order valence-corrected chi connectivity index (χ2v) is 7.80. The van der Waals surface area contributed by atoms with Gasteiger partial charge in [0.2, 0.25) is 0 Å². The van der Waals surface area contributed by atoms with Crippen LogP contribution in [0.25, 0.3) is 0 Å². The molecule has 2 aromatic rings. The minimum Gasteiger partial charge on any atom is -0.387 e. The average Bonchev–Trinajstić information content (AvgIpc) is 2.68. The molecule has 0 radical (unpaired) electrons. The highest BCUT2D eigenvalue weighted by Crippen LogP contribution is 2.46. The SMILES string of the molecule is CCC1C(=O)[C@@H](c2ccc(C(C)(F)F)cc2)[C@@](C)(c2ccc(F)c(C#N)c2)N=C1N. The van der Waals surface area contributed by atoms with Gasteiger partial charge >= 0.3 is 0 Å². The van der Waals surface area contributed by atoms with Gasteiger partial charge in [0.05, 0.1) is 22.9 Å². The van der Waals surface area contributed by atoms with Crippen molar-refractivity contribution in [3.05, 3.63) is 70.5 Å². The Morgan fingerprint density at radius 3 is 2.40 bits per heavy atom. The highest BCUT2D eigenvalue weighted by Gasteiger charge is 2.48. The van der Waals surface area contributed by atoms with Gasteiger partial charge in [-0.3, -0.25) is 9.79 Å². The molecule has 0 saturated heterocycles. The van der Waals surface area contributed by atoms with Gasteiger partial charge in [0.1, 0.15) is 17.7 Å². The van der Waals surface area contributed by atoms with Crippen molar-refractivity contribution < 1.29 is 18.0 Å². The van der Waals surface area contributed by atoms with Crippen LogP contribution in [0.2, 0.25) is 0 Å². The number of nitrogens with zero attached hydrogens (tertiary/aromatic N) is 2. The van der Waals surface area contributed by atoms with E-state index in [9.17, 15) is 23.2 Å². The summed E-state index contributed by atoms with van der Waals surface area (Å²) < 4.78 is 41.2. The average molecular weight is 413 g/mol. The molecule has 156 valence electrons. The largest absolute Gasteiger partial charge is 0.387 e. The van der Waals surface area contributed by atoms with E-state index in [4.69, 9.17) is 5.73 Å². The van der Waals surface area contributed by atoms with Crippen LogP contribution >= 0.6 is 0 Å². The van der Waals surface area contributed by atoms with Crippen LogP contribution in [-0.4, -0.2) is 11.6 Å². The number of aliphatic imine (C=N–C) groups is 1. The van der Waals surface area contributed by atoms with Gasteiger partial charge in [0.15, 0.2) is 5.78 Å². The third kappa shape index (κ3) is 3.58. The smallest absolute Gasteiger partial charge is 0.270 e. The maximum absolute atomic E-state index is 13.9. The predicted molar refractivity (Wildman–Crippen MR) is 108 cm³/mol. The van der Waals surface area contributed by atoms with Gasteiger partial charge in [0, 0.05) is 12.5 Å². The molecule has 7 heteroatoms. The van der Waals surface area contributed by atoms with E-state index in [2.05, 4.69) is 4.99 Å². The van der Waals surface area contributed by atoms with E-state index in [-0.39, 0.29) is 22.7 Å². The summed E-state index contributed by atoms with van der Waals surface area (Å²) in [5.74, 6) is -5.14. The number of hydrogen-bond donors (Lipinski definition) is 1. The maximum atomic E-state index is 13.9. The Balaban J connectivity index is 2.21. The summed E-state index contributed by atoms with van der Waals surface area (Å²) in [5.41, 5.74) is 5.50. The first-order valence-electron chi connectivity index (χ1n) is 9.60. The Kier molecular flexibility index (Phi) is 5.46. The van der Waals surface area contributed by atoms with Crippen LogP contribution in [0.3, 0.4) is 0 Å². The van der Waals surface area contributed by atoms with Crippen LogP contribution in [0.5, 0.6) is 0 Å². The number of carbonyl (C=O) groups excluding carboxylic acids is 1. The molecule has 0 aromatic heterocycles. The van der Waals surface area contributed by atoms with Gasteiger partial charge < -0.3 is 5.73 Å². The monoisotopic (exact) mass is 413 g/mol. The molecule has 0 fully saturated rings. The first-order valence-corrected chi connectivity index (χ1v) is 9.60. The molecule has 3 atom stereocenters. The third-order valence-electron chi connectivity index (χ3n) is 5.74. The Labute approximate surface area is 173 Å². The fourth-order valence-corrected chi connectivity index (χ4v) is 4.06. The molecule has 30 heavy (non-hydrogen) atoms. The van der Waals surface area contributed by atoms with Crippen molar-refractivity contribution in [2.45, 2.75) is 44.6 Å². The zero-order valence-electron chi connectivity index (χ0n) is 16.9. The molecular formula is C23H22F3N3O. The molecule has 1 aliphatic heterocycles. The predicted octanol–water partition coefficient (Wildman–Crippen LogP) is 4.77. The van der Waals surface area contributed by atoms with E-state index >= 15 is 0 Å². The lowest BCUT2D eigenvalue weighted by molar-refractivity contribution is -0.124. The van der Waals surface area contributed by atoms with E-state index in [1.54, 1.807) is 13.0 Å². The van der Waals surface area contributed by atoms with Crippen molar-refractivity contribution in [1.29, 1.82) is 5.26 Å². The highest BCUT2D eigenvalue weighted by molar-refractivity contribution is 6.08. The first-order chi connectivity index (χ1) is 14.0. The standard InChI is InChI=1S/C23H22F3N3O/c1-4-17-20(30)19(13-5-7-15(8-6-13)23(3,25)26)22(2,29-21(17)28)16-9-10-18(24)14(11-16)12-27/h5-11,17,19H,4H2,1-3H3,(H2,28,29)/t17?,19-,22-/m1/s1. The van der Waals surface area contributed by atoms with Crippen LogP contribution < -0.4 is 5.73 Å². The number of nitrogens with two attached hydrogens (primary N) is 1. The van der Waals surface area contributed by atoms with Crippen molar-refractivity contribution >= 4 is 11.6 Å². The molecule has 0 aliphatic carbocycles. The van der Waals surface area contributed by atoms with E-state index in [1.165, 1.54) is 36.4 Å². The summed E-state index contributed by atoms with van der Waals surface area (Å²) in [6.45, 7) is 4.31. The number of amidine groups is 1. The van der Waals surface area contributed by atoms with Gasteiger partial charge in [-0.2, -0.15) is 5.26 Å². The molecule has 0 bridgehead atoms. The molecule has 3 rings (SSSR count).